The van der Waals surface area contributed by atoms with Crippen molar-refractivity contribution in [2.45, 2.75) is 31.1 Å². The summed E-state index contributed by atoms with van der Waals surface area (Å²) in [5.41, 5.74) is 9.45. The lowest BCUT2D eigenvalue weighted by Gasteiger charge is -2.37. The quantitative estimate of drug-likeness (QED) is 0.285. The zero-order valence-electron chi connectivity index (χ0n) is 21.8. The monoisotopic (exact) mass is 533 g/mol. The van der Waals surface area contributed by atoms with Crippen molar-refractivity contribution in [1.29, 1.82) is 0 Å². The maximum absolute atomic E-state index is 12.1. The molecule has 0 saturated carbocycles. The van der Waals surface area contributed by atoms with Gasteiger partial charge in [-0.2, -0.15) is 10.1 Å². The van der Waals surface area contributed by atoms with Crippen molar-refractivity contribution in [3.8, 4) is 0 Å². The van der Waals surface area contributed by atoms with E-state index in [2.05, 4.69) is 25.4 Å². The molecule has 2 saturated heterocycles. The number of hydrogen-bond acceptors (Lipinski definition) is 11. The molecular formula is C26H31N9O4. The van der Waals surface area contributed by atoms with Crippen LogP contribution in [0.25, 0.3) is 11.1 Å². The van der Waals surface area contributed by atoms with E-state index in [4.69, 9.17) is 14.9 Å². The maximum Gasteiger partial charge on any atom is 0.298 e. The van der Waals surface area contributed by atoms with Gasteiger partial charge in [0, 0.05) is 58.9 Å². The van der Waals surface area contributed by atoms with E-state index in [1.54, 1.807) is 37.4 Å². The molecule has 0 spiro atoms. The lowest BCUT2D eigenvalue weighted by molar-refractivity contribution is 0.00788. The molecule has 13 nitrogen and oxygen atoms in total. The first-order valence-electron chi connectivity index (χ1n) is 12.9. The molecule has 13 heteroatoms. The standard InChI is InChI=1S/C26H31N9O4/c1-33-13-17(9-29-33)30-25-23(24(27)37)31-20(10-28-25)16-11-35(12-16)26-32-19-4-3-15(7-21(19)39-26)8-22(36)34-6-5-18(14-34)38-2/h3-4,7,9-10,13,16,18,22,36H,5-6,8,11-12,14H2,1-2H3,(H2,27,37)(H,28,30)/t18-,22?/m0/s1. The first-order chi connectivity index (χ1) is 18.9. The Morgan fingerprint density at radius 3 is 2.85 bits per heavy atom. The predicted octanol–water partition coefficient (Wildman–Crippen LogP) is 1.38. The number of rotatable bonds is 9. The summed E-state index contributed by atoms with van der Waals surface area (Å²) in [6.45, 7) is 2.80. The first-order valence-corrected chi connectivity index (χ1v) is 12.9. The number of anilines is 3. The largest absolute Gasteiger partial charge is 0.423 e. The molecule has 1 unspecified atom stereocenters. The molecule has 6 rings (SSSR count). The Kier molecular flexibility index (Phi) is 6.62. The lowest BCUT2D eigenvalue weighted by atomic mass is 9.97. The van der Waals surface area contributed by atoms with Gasteiger partial charge in [-0.25, -0.2) is 9.97 Å². The molecule has 0 aliphatic carbocycles. The van der Waals surface area contributed by atoms with Gasteiger partial charge in [-0.3, -0.25) is 14.4 Å². The summed E-state index contributed by atoms with van der Waals surface area (Å²) < 4.78 is 13.1. The summed E-state index contributed by atoms with van der Waals surface area (Å²) in [5, 5.41) is 17.8. The Balaban J connectivity index is 1.10. The summed E-state index contributed by atoms with van der Waals surface area (Å²) in [4.78, 5) is 29.7. The Bertz CT molecular complexity index is 1500. The molecule has 1 aromatic carbocycles. The fourth-order valence-electron chi connectivity index (χ4n) is 5.08. The van der Waals surface area contributed by atoms with Crippen LogP contribution in [0.5, 0.6) is 0 Å². The van der Waals surface area contributed by atoms with Gasteiger partial charge in [0.2, 0.25) is 0 Å². The summed E-state index contributed by atoms with van der Waals surface area (Å²) in [6, 6.07) is 6.36. The number of aliphatic hydroxyl groups excluding tert-OH is 1. The minimum Gasteiger partial charge on any atom is -0.423 e. The topological polar surface area (TPSA) is 161 Å². The summed E-state index contributed by atoms with van der Waals surface area (Å²) >= 11 is 0. The third-order valence-electron chi connectivity index (χ3n) is 7.35. The van der Waals surface area contributed by atoms with Crippen LogP contribution in [0.2, 0.25) is 0 Å². The number of aryl methyl sites for hydroxylation is 1. The fourth-order valence-corrected chi connectivity index (χ4v) is 5.08. The molecule has 4 aromatic rings. The number of nitrogens with zero attached hydrogens (tertiary/aromatic N) is 7. The normalized spacial score (nSPS) is 18.9. The number of likely N-dealkylation sites (tertiary alicyclic amines) is 1. The van der Waals surface area contributed by atoms with E-state index in [1.807, 2.05) is 28.0 Å². The van der Waals surface area contributed by atoms with Crippen molar-refractivity contribution in [1.82, 2.24) is 29.6 Å². The number of hydrogen-bond donors (Lipinski definition) is 3. The molecule has 1 amide bonds. The zero-order valence-corrected chi connectivity index (χ0v) is 21.8. The van der Waals surface area contributed by atoms with Crippen LogP contribution >= 0.6 is 0 Å². The summed E-state index contributed by atoms with van der Waals surface area (Å²) in [5.74, 6) is -0.311. The number of oxazole rings is 1. The van der Waals surface area contributed by atoms with Gasteiger partial charge in [-0.15, -0.1) is 0 Å². The van der Waals surface area contributed by atoms with E-state index >= 15 is 0 Å². The van der Waals surface area contributed by atoms with Gasteiger partial charge in [-0.05, 0) is 24.1 Å². The van der Waals surface area contributed by atoms with E-state index in [-0.39, 0.29) is 17.7 Å². The van der Waals surface area contributed by atoms with Crippen molar-refractivity contribution in [3.63, 3.8) is 0 Å². The van der Waals surface area contributed by atoms with Crippen molar-refractivity contribution in [2.24, 2.45) is 12.8 Å². The van der Waals surface area contributed by atoms with Gasteiger partial charge >= 0.3 is 0 Å². The van der Waals surface area contributed by atoms with Gasteiger partial charge in [0.1, 0.15) is 11.7 Å². The second-order valence-corrected chi connectivity index (χ2v) is 10.1. The Morgan fingerprint density at radius 2 is 2.13 bits per heavy atom. The molecule has 3 aromatic heterocycles. The van der Waals surface area contributed by atoms with Crippen molar-refractivity contribution >= 4 is 34.5 Å². The Morgan fingerprint density at radius 1 is 1.28 bits per heavy atom. The van der Waals surface area contributed by atoms with E-state index in [0.717, 1.165) is 30.6 Å². The number of aromatic nitrogens is 5. The highest BCUT2D eigenvalue weighted by atomic mass is 16.5. The molecule has 2 atom stereocenters. The smallest absolute Gasteiger partial charge is 0.298 e. The number of methoxy groups -OCH3 is 1. The third-order valence-corrected chi connectivity index (χ3v) is 7.35. The summed E-state index contributed by atoms with van der Waals surface area (Å²) in [6.07, 6.45) is 6.08. The van der Waals surface area contributed by atoms with Gasteiger partial charge in [0.25, 0.3) is 11.9 Å². The van der Waals surface area contributed by atoms with Crippen LogP contribution in [-0.4, -0.2) is 86.3 Å². The predicted molar refractivity (Wildman–Crippen MR) is 143 cm³/mol. The number of carbonyl (C=O) groups excluding carboxylic acids is 1. The number of carbonyl (C=O) groups is 1. The molecule has 2 aliphatic heterocycles. The summed E-state index contributed by atoms with van der Waals surface area (Å²) in [7, 11) is 3.50. The van der Waals surface area contributed by atoms with Crippen molar-refractivity contribution in [2.75, 3.05) is 43.5 Å². The van der Waals surface area contributed by atoms with E-state index in [1.165, 1.54) is 0 Å². The number of aliphatic hydroxyl groups is 1. The van der Waals surface area contributed by atoms with E-state index in [0.29, 0.717) is 48.3 Å². The molecular weight excluding hydrogens is 502 g/mol. The van der Waals surface area contributed by atoms with Crippen LogP contribution < -0.4 is 16.0 Å². The molecule has 4 N–H and O–H groups in total. The van der Waals surface area contributed by atoms with Crippen LogP contribution in [0.15, 0.2) is 41.2 Å². The van der Waals surface area contributed by atoms with Gasteiger partial charge in [-0.1, -0.05) is 6.07 Å². The van der Waals surface area contributed by atoms with E-state index in [9.17, 15) is 9.90 Å². The highest BCUT2D eigenvalue weighted by Crippen LogP contribution is 2.33. The molecule has 5 heterocycles. The minimum atomic E-state index is -0.657. The Labute approximate surface area is 224 Å². The van der Waals surface area contributed by atoms with Crippen LogP contribution in [0, 0.1) is 0 Å². The third kappa shape index (κ3) is 5.15. The molecule has 204 valence electrons. The molecule has 2 fully saturated rings. The second-order valence-electron chi connectivity index (χ2n) is 10.1. The van der Waals surface area contributed by atoms with Gasteiger partial charge < -0.3 is 30.2 Å². The first kappa shape index (κ1) is 25.2. The highest BCUT2D eigenvalue weighted by molar-refractivity contribution is 5.96. The number of amides is 1. The number of ether oxygens (including phenoxy) is 1. The Hall–Kier alpha value is -4.07. The number of primary amides is 1. The van der Waals surface area contributed by atoms with E-state index < -0.39 is 12.1 Å². The average molecular weight is 534 g/mol. The van der Waals surface area contributed by atoms with Crippen LogP contribution in [-0.2, 0) is 18.2 Å². The number of nitrogens with two attached hydrogens (primary N) is 1. The maximum atomic E-state index is 12.1. The average Bonchev–Trinajstić information content (AvgIpc) is 3.63. The van der Waals surface area contributed by atoms with Crippen LogP contribution in [0.4, 0.5) is 17.5 Å². The van der Waals surface area contributed by atoms with Gasteiger partial charge in [0.05, 0.1) is 29.9 Å². The molecule has 2 aliphatic rings. The second kappa shape index (κ2) is 10.2. The SMILES string of the molecule is CO[C@H]1CCN(C(O)Cc2ccc3nc(N4CC(c5cnc(Nc6cnn(C)c6)c(C(N)=O)n5)C4)oc3c2)C1. The molecule has 0 bridgehead atoms. The van der Waals surface area contributed by atoms with Crippen molar-refractivity contribution in [3.05, 3.63) is 53.7 Å². The highest BCUT2D eigenvalue weighted by Gasteiger charge is 2.34. The van der Waals surface area contributed by atoms with Crippen LogP contribution in [0.1, 0.15) is 34.1 Å². The van der Waals surface area contributed by atoms with Crippen LogP contribution in [0.3, 0.4) is 0 Å². The lowest BCUT2D eigenvalue weighted by Crippen LogP contribution is -2.45. The fraction of sp³-hybridized carbons (Fsp3) is 0.423. The van der Waals surface area contributed by atoms with Gasteiger partial charge in [0.15, 0.2) is 17.1 Å². The number of nitrogens with one attached hydrogen (secondary N) is 1. The number of benzene rings is 1. The zero-order chi connectivity index (χ0) is 27.1. The molecule has 0 radical (unpaired) electrons. The molecule has 39 heavy (non-hydrogen) atoms. The number of fused-ring (bicyclic) bond motifs is 1. The van der Waals surface area contributed by atoms with Crippen molar-refractivity contribution < 1.29 is 19.1 Å². The minimum absolute atomic E-state index is 0.0557.